The standard InChI is InChI=1S/C20H26N2O6/c1-4-14(2)28-18-7-5-6-16(11-18)10-17-12-22(20(25)21-19(17)24)13-26-8-9-27-15(3)23/h5-7,11-12,14H,4,8-10,13H2,1-3H3,(H,21,24,25). The fraction of sp³-hybridized carbons (Fsp3) is 0.450. The Balaban J connectivity index is 2.07. The molecule has 1 unspecified atom stereocenters. The molecule has 152 valence electrons. The van der Waals surface area contributed by atoms with Crippen molar-refractivity contribution in [1.82, 2.24) is 9.55 Å². The van der Waals surface area contributed by atoms with E-state index >= 15 is 0 Å². The van der Waals surface area contributed by atoms with E-state index in [0.29, 0.717) is 12.0 Å². The molecule has 0 spiro atoms. The maximum atomic E-state index is 12.2. The summed E-state index contributed by atoms with van der Waals surface area (Å²) in [7, 11) is 0. The molecule has 2 aromatic rings. The topological polar surface area (TPSA) is 99.6 Å². The van der Waals surface area contributed by atoms with E-state index in [1.54, 1.807) is 0 Å². The minimum atomic E-state index is -0.560. The number of ether oxygens (including phenoxy) is 3. The van der Waals surface area contributed by atoms with Crippen molar-refractivity contribution < 1.29 is 19.0 Å². The molecule has 0 saturated heterocycles. The number of esters is 1. The lowest BCUT2D eigenvalue weighted by atomic mass is 10.1. The van der Waals surface area contributed by atoms with E-state index in [9.17, 15) is 14.4 Å². The molecule has 28 heavy (non-hydrogen) atoms. The number of nitrogens with zero attached hydrogens (tertiary/aromatic N) is 1. The van der Waals surface area contributed by atoms with Crippen molar-refractivity contribution in [3.8, 4) is 5.75 Å². The van der Waals surface area contributed by atoms with Gasteiger partial charge in [0.05, 0.1) is 12.7 Å². The first kappa shape index (κ1) is 21.4. The van der Waals surface area contributed by atoms with Gasteiger partial charge in [-0.05, 0) is 31.0 Å². The van der Waals surface area contributed by atoms with Crippen molar-refractivity contribution >= 4 is 5.97 Å². The van der Waals surface area contributed by atoms with Gasteiger partial charge in [0.25, 0.3) is 5.56 Å². The zero-order chi connectivity index (χ0) is 20.5. The van der Waals surface area contributed by atoms with Gasteiger partial charge < -0.3 is 14.2 Å². The van der Waals surface area contributed by atoms with Gasteiger partial charge in [-0.1, -0.05) is 19.1 Å². The molecule has 0 aliphatic heterocycles. The van der Waals surface area contributed by atoms with Gasteiger partial charge in [0.1, 0.15) is 19.1 Å². The molecule has 0 saturated carbocycles. The van der Waals surface area contributed by atoms with Crippen molar-refractivity contribution in [2.45, 2.75) is 46.4 Å². The zero-order valence-corrected chi connectivity index (χ0v) is 16.4. The number of H-pyrrole nitrogens is 1. The molecular formula is C20H26N2O6. The Kier molecular flexibility index (Phi) is 8.01. The number of aromatic nitrogens is 2. The molecule has 1 heterocycles. The zero-order valence-electron chi connectivity index (χ0n) is 16.4. The van der Waals surface area contributed by atoms with E-state index in [0.717, 1.165) is 17.7 Å². The molecule has 8 heteroatoms. The predicted octanol–water partition coefficient (Wildman–Crippen LogP) is 1.84. The summed E-state index contributed by atoms with van der Waals surface area (Å²) in [5, 5.41) is 0. The SMILES string of the molecule is CCC(C)Oc1cccc(Cc2cn(COCCOC(C)=O)c(=O)[nH]c2=O)c1. The van der Waals surface area contributed by atoms with Gasteiger partial charge in [-0.25, -0.2) is 4.79 Å². The second-order valence-corrected chi connectivity index (χ2v) is 6.42. The summed E-state index contributed by atoms with van der Waals surface area (Å²) in [6.07, 6.45) is 2.83. The minimum Gasteiger partial charge on any atom is -0.491 e. The summed E-state index contributed by atoms with van der Waals surface area (Å²) in [4.78, 5) is 37.1. The van der Waals surface area contributed by atoms with Crippen LogP contribution in [-0.4, -0.2) is 34.8 Å². The quantitative estimate of drug-likeness (QED) is 0.491. The van der Waals surface area contributed by atoms with Crippen molar-refractivity contribution in [3.05, 3.63) is 62.4 Å². The molecule has 0 aliphatic carbocycles. The van der Waals surface area contributed by atoms with Crippen molar-refractivity contribution in [3.63, 3.8) is 0 Å². The van der Waals surface area contributed by atoms with Gasteiger partial charge in [0, 0.05) is 25.1 Å². The summed E-state index contributed by atoms with van der Waals surface area (Å²) < 4.78 is 17.2. The lowest BCUT2D eigenvalue weighted by Crippen LogP contribution is -2.32. The van der Waals surface area contributed by atoms with Crippen LogP contribution in [0.5, 0.6) is 5.75 Å². The first-order valence-electron chi connectivity index (χ1n) is 9.18. The highest BCUT2D eigenvalue weighted by Crippen LogP contribution is 2.17. The van der Waals surface area contributed by atoms with E-state index in [4.69, 9.17) is 14.2 Å². The van der Waals surface area contributed by atoms with Crippen LogP contribution in [0, 0.1) is 0 Å². The molecule has 8 nitrogen and oxygen atoms in total. The Hall–Kier alpha value is -2.87. The van der Waals surface area contributed by atoms with Gasteiger partial charge in [-0.15, -0.1) is 0 Å². The molecule has 0 aliphatic rings. The maximum absolute atomic E-state index is 12.2. The lowest BCUT2D eigenvalue weighted by molar-refractivity contribution is -0.142. The third-order valence-corrected chi connectivity index (χ3v) is 4.05. The van der Waals surface area contributed by atoms with Crippen molar-refractivity contribution in [1.29, 1.82) is 0 Å². The second kappa shape index (κ2) is 10.5. The van der Waals surface area contributed by atoms with Crippen LogP contribution in [0.15, 0.2) is 40.1 Å². The number of nitrogens with one attached hydrogen (secondary N) is 1. The molecule has 0 radical (unpaired) electrons. The van der Waals surface area contributed by atoms with E-state index in [-0.39, 0.29) is 26.0 Å². The summed E-state index contributed by atoms with van der Waals surface area (Å²) in [5.41, 5.74) is 0.334. The van der Waals surface area contributed by atoms with Gasteiger partial charge in [0.15, 0.2) is 0 Å². The van der Waals surface area contributed by atoms with Crippen LogP contribution >= 0.6 is 0 Å². The number of hydrogen-bond donors (Lipinski definition) is 1. The Labute approximate surface area is 163 Å². The van der Waals surface area contributed by atoms with Crippen LogP contribution in [0.2, 0.25) is 0 Å². The van der Waals surface area contributed by atoms with Crippen LogP contribution in [0.4, 0.5) is 0 Å². The maximum Gasteiger partial charge on any atom is 0.330 e. The van der Waals surface area contributed by atoms with Gasteiger partial charge in [-0.3, -0.25) is 19.1 Å². The minimum absolute atomic E-state index is 0.0545. The normalized spacial score (nSPS) is 11.8. The van der Waals surface area contributed by atoms with Crippen LogP contribution < -0.4 is 16.0 Å². The molecule has 1 atom stereocenters. The van der Waals surface area contributed by atoms with Crippen LogP contribution in [0.3, 0.4) is 0 Å². The van der Waals surface area contributed by atoms with Gasteiger partial charge in [0.2, 0.25) is 0 Å². The number of benzene rings is 1. The average Bonchev–Trinajstić information content (AvgIpc) is 2.64. The highest BCUT2D eigenvalue weighted by Gasteiger charge is 2.08. The van der Waals surface area contributed by atoms with Crippen LogP contribution in [0.1, 0.15) is 38.3 Å². The van der Waals surface area contributed by atoms with E-state index in [1.165, 1.54) is 17.7 Å². The summed E-state index contributed by atoms with van der Waals surface area (Å²) >= 11 is 0. The van der Waals surface area contributed by atoms with E-state index in [2.05, 4.69) is 4.98 Å². The number of rotatable bonds is 10. The van der Waals surface area contributed by atoms with Crippen LogP contribution in [-0.2, 0) is 27.4 Å². The second-order valence-electron chi connectivity index (χ2n) is 6.42. The molecule has 2 rings (SSSR count). The third-order valence-electron chi connectivity index (χ3n) is 4.05. The molecule has 1 aromatic heterocycles. The molecule has 1 N–H and O–H groups in total. The molecule has 0 bridgehead atoms. The van der Waals surface area contributed by atoms with Crippen molar-refractivity contribution in [2.75, 3.05) is 13.2 Å². The molecule has 0 fully saturated rings. The number of carbonyl (C=O) groups is 1. The Morgan fingerprint density at radius 2 is 2.04 bits per heavy atom. The Morgan fingerprint density at radius 1 is 1.25 bits per heavy atom. The highest BCUT2D eigenvalue weighted by atomic mass is 16.6. The number of aromatic amines is 1. The van der Waals surface area contributed by atoms with Gasteiger partial charge in [-0.2, -0.15) is 0 Å². The Bertz CT molecular complexity index is 902. The van der Waals surface area contributed by atoms with Crippen molar-refractivity contribution in [2.24, 2.45) is 0 Å². The summed E-state index contributed by atoms with van der Waals surface area (Å²) in [6, 6.07) is 7.53. The highest BCUT2D eigenvalue weighted by molar-refractivity contribution is 5.65. The first-order valence-corrected chi connectivity index (χ1v) is 9.18. The first-order chi connectivity index (χ1) is 13.4. The smallest absolute Gasteiger partial charge is 0.330 e. The fourth-order valence-corrected chi connectivity index (χ4v) is 2.45. The van der Waals surface area contributed by atoms with Crippen LogP contribution in [0.25, 0.3) is 0 Å². The fourth-order valence-electron chi connectivity index (χ4n) is 2.45. The average molecular weight is 390 g/mol. The summed E-state index contributed by atoms with van der Waals surface area (Å²) in [5.74, 6) is 0.344. The third kappa shape index (κ3) is 6.70. The molecule has 1 aromatic carbocycles. The number of carbonyl (C=O) groups excluding carboxylic acids is 1. The molecular weight excluding hydrogens is 364 g/mol. The monoisotopic (exact) mass is 390 g/mol. The Morgan fingerprint density at radius 3 is 2.75 bits per heavy atom. The number of hydrogen-bond acceptors (Lipinski definition) is 6. The predicted molar refractivity (Wildman–Crippen MR) is 104 cm³/mol. The van der Waals surface area contributed by atoms with E-state index < -0.39 is 17.2 Å². The van der Waals surface area contributed by atoms with Gasteiger partial charge >= 0.3 is 11.7 Å². The largest absolute Gasteiger partial charge is 0.491 e. The molecule has 0 amide bonds. The lowest BCUT2D eigenvalue weighted by Gasteiger charge is -2.13. The van der Waals surface area contributed by atoms with E-state index in [1.807, 2.05) is 38.1 Å². The summed E-state index contributed by atoms with van der Waals surface area (Å²) in [6.45, 7) is 5.54.